The first-order valence-electron chi connectivity index (χ1n) is 39.4. The minimum atomic E-state index is -1.97. The van der Waals surface area contributed by atoms with E-state index in [1.807, 2.05) is 6.08 Å². The Morgan fingerprint density at radius 2 is 0.653 bits per heavy atom. The van der Waals surface area contributed by atoms with E-state index in [-0.39, 0.29) is 18.9 Å². The van der Waals surface area contributed by atoms with Crippen molar-refractivity contribution in [1.29, 1.82) is 0 Å². The van der Waals surface area contributed by atoms with E-state index in [9.17, 15) is 61.0 Å². The van der Waals surface area contributed by atoms with Crippen LogP contribution in [-0.2, 0) is 33.2 Å². The van der Waals surface area contributed by atoms with Gasteiger partial charge in [-0.2, -0.15) is 0 Å². The van der Waals surface area contributed by atoms with Gasteiger partial charge in [-0.05, 0) is 19.3 Å². The smallest absolute Gasteiger partial charge is 0.220 e. The van der Waals surface area contributed by atoms with Gasteiger partial charge >= 0.3 is 0 Å². The maximum atomic E-state index is 13.4. The highest BCUT2D eigenvalue weighted by atomic mass is 16.8. The highest BCUT2D eigenvalue weighted by molar-refractivity contribution is 5.76. The molecule has 3 rings (SSSR count). The zero-order valence-corrected chi connectivity index (χ0v) is 59.9. The highest BCUT2D eigenvalue weighted by Crippen LogP contribution is 2.33. The van der Waals surface area contributed by atoms with Gasteiger partial charge in [-0.15, -0.1) is 0 Å². The fraction of sp³-hybridized carbons (Fsp3) is 0.961. The summed E-state index contributed by atoms with van der Waals surface area (Å²) >= 11 is 0. The third kappa shape index (κ3) is 39.0. The molecule has 3 heterocycles. The molecule has 3 fully saturated rings. The summed E-state index contributed by atoms with van der Waals surface area (Å²) in [5.74, 6) is -0.271. The van der Waals surface area contributed by atoms with Crippen LogP contribution in [0.5, 0.6) is 0 Å². The van der Waals surface area contributed by atoms with E-state index in [0.717, 1.165) is 44.9 Å². The van der Waals surface area contributed by atoms with Crippen LogP contribution in [-0.4, -0.2) is 193 Å². The normalized spacial score (nSPS) is 27.2. The molecule has 0 aromatic heterocycles. The number of hydrogen-bond donors (Lipinski definition) is 12. The quantitative estimate of drug-likeness (QED) is 0.0199. The van der Waals surface area contributed by atoms with Crippen molar-refractivity contribution in [3.05, 3.63) is 12.2 Å². The number of aliphatic hydroxyl groups excluding tert-OH is 11. The number of allylic oxidation sites excluding steroid dienone is 1. The molecule has 3 saturated heterocycles. The summed E-state index contributed by atoms with van der Waals surface area (Å²) in [6, 6.07) is -0.967. The van der Waals surface area contributed by atoms with E-state index in [1.54, 1.807) is 6.08 Å². The molecule has 562 valence electrons. The van der Waals surface area contributed by atoms with Crippen molar-refractivity contribution >= 4 is 5.91 Å². The number of carbonyl (C=O) groups is 1. The Kier molecular flexibility index (Phi) is 53.6. The van der Waals surface area contributed by atoms with Crippen molar-refractivity contribution in [2.24, 2.45) is 0 Å². The standard InChI is InChI=1S/C76H145NO18/c1-3-5-7-9-11-13-14-15-16-17-18-19-20-21-22-23-24-25-26-27-28-29-30-31-32-33-34-35-36-37-38-39-40-41-42-43-44-46-48-50-52-54-64(82)77-59(60(81)53-51-49-47-45-12-10-8-6-4-2)58-90-74-70(88)67(85)72(62(56-79)92-74)95-76-71(89)68(86)73(63(57-80)93-76)94-75-69(87)66(84)65(83)61(55-78)91-75/h51,53,59-63,65-76,78-81,83-89H,3-50,52,54-58H2,1-2H3,(H,77,82)/b53-51+. The van der Waals surface area contributed by atoms with Crippen LogP contribution in [0.1, 0.15) is 335 Å². The van der Waals surface area contributed by atoms with Crippen molar-refractivity contribution < 1.29 is 89.4 Å². The monoisotopic (exact) mass is 1360 g/mol. The number of rotatable bonds is 63. The van der Waals surface area contributed by atoms with Gasteiger partial charge in [0.1, 0.15) is 73.2 Å². The second kappa shape index (κ2) is 58.1. The second-order valence-electron chi connectivity index (χ2n) is 28.5. The van der Waals surface area contributed by atoms with Gasteiger partial charge < -0.3 is 89.9 Å². The van der Waals surface area contributed by atoms with E-state index < -0.39 is 124 Å². The zero-order valence-electron chi connectivity index (χ0n) is 59.9. The van der Waals surface area contributed by atoms with Crippen LogP contribution in [0, 0.1) is 0 Å². The second-order valence-corrected chi connectivity index (χ2v) is 28.5. The molecule has 12 N–H and O–H groups in total. The topological polar surface area (TPSA) is 307 Å². The lowest BCUT2D eigenvalue weighted by molar-refractivity contribution is -0.379. The summed E-state index contributed by atoms with van der Waals surface area (Å²) in [6.07, 6.45) is 41.5. The molecule has 0 aliphatic carbocycles. The summed E-state index contributed by atoms with van der Waals surface area (Å²) in [4.78, 5) is 13.4. The van der Waals surface area contributed by atoms with Gasteiger partial charge in [0.15, 0.2) is 18.9 Å². The Hall–Kier alpha value is -1.47. The van der Waals surface area contributed by atoms with Crippen molar-refractivity contribution in [2.75, 3.05) is 26.4 Å². The molecule has 1 amide bonds. The molecule has 0 aromatic rings. The lowest BCUT2D eigenvalue weighted by Gasteiger charge is -2.48. The maximum Gasteiger partial charge on any atom is 0.220 e. The molecule has 0 radical (unpaired) electrons. The zero-order chi connectivity index (χ0) is 68.9. The van der Waals surface area contributed by atoms with Crippen LogP contribution in [0.25, 0.3) is 0 Å². The Morgan fingerprint density at radius 1 is 0.368 bits per heavy atom. The summed E-state index contributed by atoms with van der Waals surface area (Å²) in [7, 11) is 0. The van der Waals surface area contributed by atoms with Gasteiger partial charge in [-0.25, -0.2) is 0 Å². The van der Waals surface area contributed by atoms with Crippen LogP contribution < -0.4 is 5.32 Å². The van der Waals surface area contributed by atoms with Gasteiger partial charge in [0, 0.05) is 6.42 Å². The maximum absolute atomic E-state index is 13.4. The van der Waals surface area contributed by atoms with Crippen LogP contribution in [0.3, 0.4) is 0 Å². The molecule has 0 saturated carbocycles. The molecule has 0 spiro atoms. The van der Waals surface area contributed by atoms with Crippen LogP contribution >= 0.6 is 0 Å². The summed E-state index contributed by atoms with van der Waals surface area (Å²) in [6.45, 7) is 1.73. The number of hydrogen-bond acceptors (Lipinski definition) is 18. The Balaban J connectivity index is 1.22. The first-order chi connectivity index (χ1) is 46.3. The molecule has 0 aromatic carbocycles. The van der Waals surface area contributed by atoms with Gasteiger partial charge in [-0.1, -0.05) is 321 Å². The molecule has 95 heavy (non-hydrogen) atoms. The first kappa shape index (κ1) is 87.7. The largest absolute Gasteiger partial charge is 0.394 e. The van der Waals surface area contributed by atoms with Gasteiger partial charge in [0.05, 0.1) is 38.6 Å². The van der Waals surface area contributed by atoms with Crippen LogP contribution in [0.15, 0.2) is 12.2 Å². The van der Waals surface area contributed by atoms with Crippen molar-refractivity contribution in [3.63, 3.8) is 0 Å². The first-order valence-corrected chi connectivity index (χ1v) is 39.4. The molecule has 3 aliphatic heterocycles. The molecule has 19 heteroatoms. The van der Waals surface area contributed by atoms with E-state index in [0.29, 0.717) is 6.42 Å². The average molecular weight is 1360 g/mol. The Morgan fingerprint density at radius 3 is 0.989 bits per heavy atom. The predicted octanol–water partition coefficient (Wildman–Crippen LogP) is 12.4. The highest BCUT2D eigenvalue weighted by Gasteiger charge is 2.53. The lowest BCUT2D eigenvalue weighted by Crippen LogP contribution is -2.66. The van der Waals surface area contributed by atoms with Crippen LogP contribution in [0.2, 0.25) is 0 Å². The van der Waals surface area contributed by atoms with Gasteiger partial charge in [0.25, 0.3) is 0 Å². The van der Waals surface area contributed by atoms with Crippen molar-refractivity contribution in [3.8, 4) is 0 Å². The predicted molar refractivity (Wildman–Crippen MR) is 374 cm³/mol. The number of amides is 1. The number of ether oxygens (including phenoxy) is 6. The van der Waals surface area contributed by atoms with E-state index in [2.05, 4.69) is 19.2 Å². The number of aliphatic hydroxyl groups is 11. The third-order valence-corrected chi connectivity index (χ3v) is 20.1. The summed E-state index contributed by atoms with van der Waals surface area (Å²) < 4.78 is 34.3. The lowest BCUT2D eigenvalue weighted by atomic mass is 9.96. The van der Waals surface area contributed by atoms with Crippen molar-refractivity contribution in [2.45, 2.75) is 439 Å². The fourth-order valence-electron chi connectivity index (χ4n) is 13.7. The van der Waals surface area contributed by atoms with E-state index in [1.165, 1.54) is 263 Å². The minimum Gasteiger partial charge on any atom is -0.394 e. The summed E-state index contributed by atoms with van der Waals surface area (Å²) in [5, 5.41) is 120. The molecular weight excluding hydrogens is 1210 g/mol. The van der Waals surface area contributed by atoms with Crippen molar-refractivity contribution in [1.82, 2.24) is 5.32 Å². The number of carbonyl (C=O) groups excluding carboxylic acids is 1. The SMILES string of the molecule is CCCCCCCCC/C=C/C(O)C(COC1OC(CO)C(OC2OC(CO)C(OC3OC(CO)C(O)C(O)C3O)C(O)C2O)C(O)C1O)NC(=O)CCCCCCCCCCCCCCCCCCCCCCCCCCCCCCCCCCCCCCCCCCC. The molecule has 19 nitrogen and oxygen atoms in total. The van der Waals surface area contributed by atoms with Gasteiger partial charge in [0.2, 0.25) is 5.91 Å². The Bertz CT molecular complexity index is 1770. The third-order valence-electron chi connectivity index (χ3n) is 20.1. The number of nitrogens with one attached hydrogen (secondary N) is 1. The molecule has 0 bridgehead atoms. The molecule has 3 aliphatic rings. The van der Waals surface area contributed by atoms with Crippen LogP contribution in [0.4, 0.5) is 0 Å². The van der Waals surface area contributed by atoms with E-state index >= 15 is 0 Å². The minimum absolute atomic E-state index is 0.249. The van der Waals surface area contributed by atoms with E-state index in [4.69, 9.17) is 28.4 Å². The van der Waals surface area contributed by atoms with Gasteiger partial charge in [-0.3, -0.25) is 4.79 Å². The number of unbranched alkanes of at least 4 members (excludes halogenated alkanes) is 47. The molecule has 17 unspecified atom stereocenters. The average Bonchev–Trinajstić information content (AvgIpc) is 0.795. The fourth-order valence-corrected chi connectivity index (χ4v) is 13.7. The molecule has 17 atom stereocenters. The molecular formula is C76H145NO18. The summed E-state index contributed by atoms with van der Waals surface area (Å²) in [5.41, 5.74) is 0. The Labute approximate surface area is 576 Å².